The lowest BCUT2D eigenvalue weighted by atomic mass is 10.0. The van der Waals surface area contributed by atoms with Crippen LogP contribution in [-0.2, 0) is 12.4 Å². The van der Waals surface area contributed by atoms with Gasteiger partial charge in [0.1, 0.15) is 0 Å². The number of hydrogen-bond donors (Lipinski definition) is 1. The van der Waals surface area contributed by atoms with Gasteiger partial charge in [0.15, 0.2) is 5.69 Å². The van der Waals surface area contributed by atoms with Gasteiger partial charge in [0.05, 0.1) is 16.8 Å². The van der Waals surface area contributed by atoms with E-state index >= 15 is 0 Å². The number of anilines is 1. The molecule has 3 aromatic carbocycles. The van der Waals surface area contributed by atoms with E-state index in [0.717, 1.165) is 16.8 Å². The SMILES string of the molecule is Nc1ccc(-n2nc(C(F)(F)F)c3ccc(-c4ccc(C(F)(F)F)cc4)cc32)cc1. The zero-order valence-corrected chi connectivity index (χ0v) is 15.1. The zero-order chi connectivity index (χ0) is 21.7. The van der Waals surface area contributed by atoms with Crippen molar-refractivity contribution in [3.8, 4) is 16.8 Å². The van der Waals surface area contributed by atoms with Crippen LogP contribution >= 0.6 is 0 Å². The van der Waals surface area contributed by atoms with E-state index in [2.05, 4.69) is 5.10 Å². The molecule has 0 aliphatic rings. The number of halogens is 6. The van der Waals surface area contributed by atoms with Crippen molar-refractivity contribution in [3.05, 3.63) is 78.0 Å². The number of fused-ring (bicyclic) bond motifs is 1. The zero-order valence-electron chi connectivity index (χ0n) is 15.1. The van der Waals surface area contributed by atoms with Crippen LogP contribution in [0.5, 0.6) is 0 Å². The van der Waals surface area contributed by atoms with Gasteiger partial charge in [-0.1, -0.05) is 18.2 Å². The smallest absolute Gasteiger partial charge is 0.399 e. The molecule has 30 heavy (non-hydrogen) atoms. The van der Waals surface area contributed by atoms with E-state index in [0.29, 0.717) is 22.5 Å². The van der Waals surface area contributed by atoms with Crippen LogP contribution in [0.3, 0.4) is 0 Å². The van der Waals surface area contributed by atoms with Crippen LogP contribution in [0.25, 0.3) is 27.7 Å². The fourth-order valence-corrected chi connectivity index (χ4v) is 3.17. The summed E-state index contributed by atoms with van der Waals surface area (Å²) in [5.74, 6) is 0. The van der Waals surface area contributed by atoms with Crippen molar-refractivity contribution < 1.29 is 26.3 Å². The van der Waals surface area contributed by atoms with Gasteiger partial charge >= 0.3 is 12.4 Å². The van der Waals surface area contributed by atoms with Gasteiger partial charge in [-0.3, -0.25) is 0 Å². The number of nitrogens with two attached hydrogens (primary N) is 1. The normalized spacial score (nSPS) is 12.5. The molecule has 154 valence electrons. The molecule has 0 spiro atoms. The molecule has 2 N–H and O–H groups in total. The third kappa shape index (κ3) is 3.58. The van der Waals surface area contributed by atoms with Crippen molar-refractivity contribution in [2.75, 3.05) is 5.73 Å². The molecular formula is C21H13F6N3. The molecule has 3 nitrogen and oxygen atoms in total. The molecule has 0 aliphatic carbocycles. The minimum Gasteiger partial charge on any atom is -0.399 e. The van der Waals surface area contributed by atoms with Gasteiger partial charge in [-0.2, -0.15) is 31.4 Å². The van der Waals surface area contributed by atoms with Crippen molar-refractivity contribution in [2.45, 2.75) is 12.4 Å². The first-order chi connectivity index (χ1) is 14.0. The van der Waals surface area contributed by atoms with Gasteiger partial charge in [0.25, 0.3) is 0 Å². The summed E-state index contributed by atoms with van der Waals surface area (Å²) in [5.41, 5.74) is 5.67. The molecule has 0 atom stereocenters. The summed E-state index contributed by atoms with van der Waals surface area (Å²) >= 11 is 0. The van der Waals surface area contributed by atoms with Crippen LogP contribution in [0.15, 0.2) is 66.7 Å². The summed E-state index contributed by atoms with van der Waals surface area (Å²) in [5, 5.41) is 3.63. The Bertz CT molecular complexity index is 1200. The van der Waals surface area contributed by atoms with Crippen molar-refractivity contribution in [1.82, 2.24) is 9.78 Å². The molecule has 1 aromatic heterocycles. The van der Waals surface area contributed by atoms with Crippen molar-refractivity contribution in [2.24, 2.45) is 0 Å². The van der Waals surface area contributed by atoms with Crippen LogP contribution in [0.1, 0.15) is 11.3 Å². The molecule has 0 bridgehead atoms. The minimum atomic E-state index is -4.67. The number of hydrogen-bond acceptors (Lipinski definition) is 2. The molecule has 0 amide bonds. The molecule has 4 aromatic rings. The predicted octanol–water partition coefficient (Wildman–Crippen LogP) is 6.31. The lowest BCUT2D eigenvalue weighted by Gasteiger charge is -2.09. The van der Waals surface area contributed by atoms with E-state index in [9.17, 15) is 26.3 Å². The van der Waals surface area contributed by atoms with E-state index in [-0.39, 0.29) is 10.9 Å². The molecule has 0 aliphatic heterocycles. The second kappa shape index (κ2) is 6.79. The lowest BCUT2D eigenvalue weighted by molar-refractivity contribution is -0.140. The fourth-order valence-electron chi connectivity index (χ4n) is 3.17. The number of nitrogen functional groups attached to an aromatic ring is 1. The quantitative estimate of drug-likeness (QED) is 0.304. The maximum absolute atomic E-state index is 13.5. The van der Waals surface area contributed by atoms with E-state index in [1.54, 1.807) is 0 Å². The van der Waals surface area contributed by atoms with Gasteiger partial charge in [-0.05, 0) is 59.7 Å². The van der Waals surface area contributed by atoms with Crippen LogP contribution < -0.4 is 5.73 Å². The minimum absolute atomic E-state index is 0.116. The van der Waals surface area contributed by atoms with Gasteiger partial charge in [-0.15, -0.1) is 0 Å². The molecule has 1 heterocycles. The second-order valence-electron chi connectivity index (χ2n) is 6.66. The topological polar surface area (TPSA) is 43.8 Å². The summed E-state index contributed by atoms with van der Waals surface area (Å²) in [6, 6.07) is 14.7. The molecular weight excluding hydrogens is 408 g/mol. The molecule has 4 rings (SSSR count). The highest BCUT2D eigenvalue weighted by Gasteiger charge is 2.37. The summed E-state index contributed by atoms with van der Waals surface area (Å²) in [4.78, 5) is 0. The van der Waals surface area contributed by atoms with E-state index < -0.39 is 23.6 Å². The van der Waals surface area contributed by atoms with Gasteiger partial charge in [0.2, 0.25) is 0 Å². The number of benzene rings is 3. The largest absolute Gasteiger partial charge is 0.435 e. The van der Waals surface area contributed by atoms with Crippen LogP contribution in [0.2, 0.25) is 0 Å². The van der Waals surface area contributed by atoms with Crippen LogP contribution in [0, 0.1) is 0 Å². The number of alkyl halides is 6. The Morgan fingerprint density at radius 1 is 0.700 bits per heavy atom. The van der Waals surface area contributed by atoms with Crippen molar-refractivity contribution in [1.29, 1.82) is 0 Å². The third-order valence-electron chi connectivity index (χ3n) is 4.63. The number of nitrogens with zero attached hydrogens (tertiary/aromatic N) is 2. The number of rotatable bonds is 2. The highest BCUT2D eigenvalue weighted by Crippen LogP contribution is 2.37. The second-order valence-corrected chi connectivity index (χ2v) is 6.66. The van der Waals surface area contributed by atoms with E-state index in [1.807, 2.05) is 0 Å². The first-order valence-electron chi connectivity index (χ1n) is 8.67. The maximum atomic E-state index is 13.5. The Hall–Kier alpha value is -3.49. The third-order valence-corrected chi connectivity index (χ3v) is 4.63. The maximum Gasteiger partial charge on any atom is 0.435 e. The van der Waals surface area contributed by atoms with E-state index in [1.165, 1.54) is 54.6 Å². The monoisotopic (exact) mass is 421 g/mol. The molecule has 0 fully saturated rings. The first kappa shape index (κ1) is 19.8. The van der Waals surface area contributed by atoms with Gasteiger partial charge in [0, 0.05) is 11.1 Å². The van der Waals surface area contributed by atoms with Gasteiger partial charge in [-0.25, -0.2) is 4.68 Å². The standard InChI is InChI=1S/C21H13F6N3/c22-20(23,24)14-4-1-12(2-5-14)13-3-10-17-18(11-13)30(29-19(17)21(25,26)27)16-8-6-15(28)7-9-16/h1-11H,28H2. The average Bonchev–Trinajstić information content (AvgIpc) is 3.07. The summed E-state index contributed by atoms with van der Waals surface area (Å²) < 4.78 is 80.0. The molecule has 9 heteroatoms. The van der Waals surface area contributed by atoms with E-state index in [4.69, 9.17) is 5.73 Å². The van der Waals surface area contributed by atoms with Crippen LogP contribution in [0.4, 0.5) is 32.0 Å². The fraction of sp³-hybridized carbons (Fsp3) is 0.0952. The molecule has 0 radical (unpaired) electrons. The number of aromatic nitrogens is 2. The molecule has 0 saturated heterocycles. The summed E-state index contributed by atoms with van der Waals surface area (Å²) in [6.07, 6.45) is -9.15. The van der Waals surface area contributed by atoms with Crippen molar-refractivity contribution >= 4 is 16.6 Å². The predicted molar refractivity (Wildman–Crippen MR) is 101 cm³/mol. The highest BCUT2D eigenvalue weighted by atomic mass is 19.4. The Balaban J connectivity index is 1.89. The Labute approximate surface area is 166 Å². The average molecular weight is 421 g/mol. The summed E-state index contributed by atoms with van der Waals surface area (Å²) in [6.45, 7) is 0. The first-order valence-corrected chi connectivity index (χ1v) is 8.67. The molecule has 0 unspecified atom stereocenters. The highest BCUT2D eigenvalue weighted by molar-refractivity contribution is 5.88. The summed E-state index contributed by atoms with van der Waals surface area (Å²) in [7, 11) is 0. The Kier molecular flexibility index (Phi) is 4.48. The van der Waals surface area contributed by atoms with Crippen molar-refractivity contribution in [3.63, 3.8) is 0 Å². The Morgan fingerprint density at radius 3 is 1.87 bits per heavy atom. The molecule has 0 saturated carbocycles. The van der Waals surface area contributed by atoms with Crippen LogP contribution in [-0.4, -0.2) is 9.78 Å². The Morgan fingerprint density at radius 2 is 1.30 bits per heavy atom. The van der Waals surface area contributed by atoms with Gasteiger partial charge < -0.3 is 5.73 Å². The lowest BCUT2D eigenvalue weighted by Crippen LogP contribution is -2.07.